The van der Waals surface area contributed by atoms with Gasteiger partial charge in [0.1, 0.15) is 5.15 Å². The van der Waals surface area contributed by atoms with Gasteiger partial charge in [0.05, 0.1) is 16.1 Å². The second-order valence-electron chi connectivity index (χ2n) is 6.99. The van der Waals surface area contributed by atoms with Gasteiger partial charge in [0.15, 0.2) is 0 Å². The van der Waals surface area contributed by atoms with Gasteiger partial charge in [-0.3, -0.25) is 0 Å². The summed E-state index contributed by atoms with van der Waals surface area (Å²) >= 11 is 6.28. The van der Waals surface area contributed by atoms with Gasteiger partial charge in [-0.25, -0.2) is 4.98 Å². The monoisotopic (exact) mass is 305 g/mol. The zero-order chi connectivity index (χ0) is 13.8. The number of benzene rings is 1. The van der Waals surface area contributed by atoms with Crippen molar-refractivity contribution in [3.63, 3.8) is 0 Å². The van der Waals surface area contributed by atoms with Crippen LogP contribution in [0.5, 0.6) is 0 Å². The van der Waals surface area contributed by atoms with Gasteiger partial charge >= 0.3 is 0 Å². The third kappa shape index (κ3) is 2.08. The van der Waals surface area contributed by atoms with E-state index in [4.69, 9.17) is 11.6 Å². The summed E-state index contributed by atoms with van der Waals surface area (Å²) in [6.07, 6.45) is 1.82. The van der Waals surface area contributed by atoms with E-state index in [1.165, 1.54) is 17.5 Å². The number of aromatic nitrogens is 1. The lowest BCUT2D eigenvalue weighted by molar-refractivity contribution is 1.28. The van der Waals surface area contributed by atoms with Crippen LogP contribution in [0, 0.1) is 0 Å². The highest BCUT2D eigenvalue weighted by Gasteiger charge is 2.39. The standard InChI is InChI=1S/C15H20ClNSi2/c1-18(2)7-8-19(3,4)14-10-12-11(9-13(14)18)5-6-17-15(12)16/h5-6,9-10H,7-8H2,1-4H3. The van der Waals surface area contributed by atoms with Crippen molar-refractivity contribution >= 4 is 48.9 Å². The van der Waals surface area contributed by atoms with E-state index in [-0.39, 0.29) is 0 Å². The van der Waals surface area contributed by atoms with Crippen molar-refractivity contribution in [3.05, 3.63) is 29.5 Å². The lowest BCUT2D eigenvalue weighted by atomic mass is 10.2. The van der Waals surface area contributed by atoms with Crippen molar-refractivity contribution in [3.8, 4) is 0 Å². The lowest BCUT2D eigenvalue weighted by Crippen LogP contribution is -2.63. The number of nitrogens with zero attached hydrogens (tertiary/aromatic N) is 1. The minimum atomic E-state index is -1.29. The molecule has 0 fully saturated rings. The van der Waals surface area contributed by atoms with E-state index in [1.54, 1.807) is 10.4 Å². The summed E-state index contributed by atoms with van der Waals surface area (Å²) in [5, 5.41) is 6.35. The molecule has 2 aromatic rings. The minimum Gasteiger partial charge on any atom is -0.244 e. The molecule has 0 bridgehead atoms. The average Bonchev–Trinajstić information content (AvgIpc) is 2.35. The number of fused-ring (bicyclic) bond motifs is 2. The van der Waals surface area contributed by atoms with Crippen LogP contribution in [0.15, 0.2) is 24.4 Å². The first-order chi connectivity index (χ1) is 8.81. The summed E-state index contributed by atoms with van der Waals surface area (Å²) in [6, 6.07) is 9.72. The molecule has 2 heterocycles. The second kappa shape index (κ2) is 4.17. The minimum absolute atomic E-state index is 0.648. The Morgan fingerprint density at radius 2 is 1.58 bits per heavy atom. The number of rotatable bonds is 0. The quantitative estimate of drug-likeness (QED) is 0.534. The molecule has 4 heteroatoms. The summed E-state index contributed by atoms with van der Waals surface area (Å²) < 4.78 is 0. The molecule has 0 radical (unpaired) electrons. The van der Waals surface area contributed by atoms with E-state index in [2.05, 4.69) is 49.4 Å². The van der Waals surface area contributed by atoms with Crippen molar-refractivity contribution in [1.29, 1.82) is 0 Å². The highest BCUT2D eigenvalue weighted by molar-refractivity contribution is 7.03. The Morgan fingerprint density at radius 1 is 1.00 bits per heavy atom. The van der Waals surface area contributed by atoms with Gasteiger partial charge in [0.25, 0.3) is 0 Å². The van der Waals surface area contributed by atoms with E-state index in [0.29, 0.717) is 5.15 Å². The fourth-order valence-corrected chi connectivity index (χ4v) is 13.7. The molecule has 100 valence electrons. The summed E-state index contributed by atoms with van der Waals surface area (Å²) in [6.45, 7) is 9.99. The molecule has 1 aliphatic rings. The van der Waals surface area contributed by atoms with E-state index in [0.717, 1.165) is 5.39 Å². The van der Waals surface area contributed by atoms with Gasteiger partial charge in [0, 0.05) is 11.6 Å². The van der Waals surface area contributed by atoms with Crippen molar-refractivity contribution in [2.75, 3.05) is 0 Å². The predicted octanol–water partition coefficient (Wildman–Crippen LogP) is 3.73. The Kier molecular flexibility index (Phi) is 2.93. The molecule has 0 N–H and O–H groups in total. The van der Waals surface area contributed by atoms with Crippen molar-refractivity contribution in [2.45, 2.75) is 38.3 Å². The van der Waals surface area contributed by atoms with E-state index in [1.807, 2.05) is 6.20 Å². The molecule has 1 nitrogen and oxygen atoms in total. The normalized spacial score (nSPS) is 20.3. The third-order valence-corrected chi connectivity index (χ3v) is 12.5. The van der Waals surface area contributed by atoms with Crippen molar-refractivity contribution in [1.82, 2.24) is 4.98 Å². The smallest absolute Gasteiger partial charge is 0.136 e. The zero-order valence-corrected chi connectivity index (χ0v) is 14.8. The van der Waals surface area contributed by atoms with Gasteiger partial charge < -0.3 is 0 Å². The molecule has 0 saturated heterocycles. The molecule has 0 aliphatic carbocycles. The van der Waals surface area contributed by atoms with Crippen molar-refractivity contribution < 1.29 is 0 Å². The molecule has 0 spiro atoms. The van der Waals surface area contributed by atoms with Crippen LogP contribution in [0.25, 0.3) is 10.8 Å². The maximum atomic E-state index is 6.28. The Morgan fingerprint density at radius 3 is 2.21 bits per heavy atom. The van der Waals surface area contributed by atoms with Crippen molar-refractivity contribution in [2.24, 2.45) is 0 Å². The largest absolute Gasteiger partial charge is 0.244 e. The number of pyridine rings is 1. The van der Waals surface area contributed by atoms with Gasteiger partial charge in [-0.15, -0.1) is 0 Å². The van der Waals surface area contributed by atoms with Crippen LogP contribution in [0.2, 0.25) is 43.4 Å². The Bertz CT molecular complexity index is 664. The van der Waals surface area contributed by atoms with Crippen LogP contribution in [-0.4, -0.2) is 21.1 Å². The van der Waals surface area contributed by atoms with Gasteiger partial charge in [-0.1, -0.05) is 72.4 Å². The highest BCUT2D eigenvalue weighted by atomic mass is 35.5. The van der Waals surface area contributed by atoms with Crippen LogP contribution in [0.4, 0.5) is 0 Å². The molecule has 3 rings (SSSR count). The lowest BCUT2D eigenvalue weighted by Gasteiger charge is -2.39. The van der Waals surface area contributed by atoms with Crippen LogP contribution in [0.3, 0.4) is 0 Å². The maximum absolute atomic E-state index is 6.28. The number of hydrogen-bond donors (Lipinski definition) is 0. The van der Waals surface area contributed by atoms with Gasteiger partial charge in [-0.2, -0.15) is 0 Å². The fourth-order valence-electron chi connectivity index (χ4n) is 3.20. The summed E-state index contributed by atoms with van der Waals surface area (Å²) in [5.74, 6) is 0. The molecule has 1 aromatic carbocycles. The first-order valence-electron chi connectivity index (χ1n) is 6.90. The Balaban J connectivity index is 2.39. The first-order valence-corrected chi connectivity index (χ1v) is 13.7. The molecule has 0 saturated carbocycles. The van der Waals surface area contributed by atoms with Crippen LogP contribution in [-0.2, 0) is 0 Å². The maximum Gasteiger partial charge on any atom is 0.136 e. The van der Waals surface area contributed by atoms with E-state index in [9.17, 15) is 0 Å². The van der Waals surface area contributed by atoms with E-state index < -0.39 is 16.1 Å². The first kappa shape index (κ1) is 13.3. The number of halogens is 1. The molecule has 1 aliphatic heterocycles. The molecule has 19 heavy (non-hydrogen) atoms. The van der Waals surface area contributed by atoms with Gasteiger partial charge in [0.2, 0.25) is 0 Å². The van der Waals surface area contributed by atoms with E-state index >= 15 is 0 Å². The highest BCUT2D eigenvalue weighted by Crippen LogP contribution is 2.29. The summed E-state index contributed by atoms with van der Waals surface area (Å²) in [5.41, 5.74) is 0. The van der Waals surface area contributed by atoms with Crippen LogP contribution in [0.1, 0.15) is 0 Å². The fraction of sp³-hybridized carbons (Fsp3) is 0.400. The Hall–Kier alpha value is -0.646. The zero-order valence-electron chi connectivity index (χ0n) is 12.0. The van der Waals surface area contributed by atoms with Gasteiger partial charge in [-0.05, 0) is 11.5 Å². The molecule has 0 atom stereocenters. The molecule has 1 aromatic heterocycles. The second-order valence-corrected chi connectivity index (χ2v) is 17.0. The Labute approximate surface area is 122 Å². The molecule has 0 unspecified atom stereocenters. The molecule has 0 amide bonds. The molecular formula is C15H20ClNSi2. The number of hydrogen-bond acceptors (Lipinski definition) is 1. The summed E-state index contributed by atoms with van der Waals surface area (Å²) in [7, 11) is -2.56. The van der Waals surface area contributed by atoms with Crippen LogP contribution < -0.4 is 10.4 Å². The topological polar surface area (TPSA) is 12.9 Å². The third-order valence-electron chi connectivity index (χ3n) is 4.69. The SMILES string of the molecule is C[Si]1(C)CC[Si](C)(C)c2cc3c(Cl)nccc3cc21. The predicted molar refractivity (Wildman–Crippen MR) is 90.6 cm³/mol. The summed E-state index contributed by atoms with van der Waals surface area (Å²) in [4.78, 5) is 4.23. The molecular weight excluding hydrogens is 286 g/mol. The van der Waals surface area contributed by atoms with Crippen LogP contribution >= 0.6 is 11.6 Å². The average molecular weight is 306 g/mol.